The van der Waals surface area contributed by atoms with E-state index in [2.05, 4.69) is 9.72 Å². The van der Waals surface area contributed by atoms with Gasteiger partial charge in [-0.1, -0.05) is 30.3 Å². The van der Waals surface area contributed by atoms with E-state index in [-0.39, 0.29) is 28.2 Å². The number of nitrogens with one attached hydrogen (secondary N) is 1. The highest BCUT2D eigenvalue weighted by atomic mass is 16.5. The van der Waals surface area contributed by atoms with Gasteiger partial charge >= 0.3 is 5.97 Å². The van der Waals surface area contributed by atoms with Crippen LogP contribution in [0.2, 0.25) is 0 Å². The van der Waals surface area contributed by atoms with E-state index in [1.54, 1.807) is 30.3 Å². The number of methoxy groups -OCH3 is 1. The maximum absolute atomic E-state index is 12.1. The van der Waals surface area contributed by atoms with Crippen LogP contribution >= 0.6 is 0 Å². The first-order valence-corrected chi connectivity index (χ1v) is 6.14. The smallest absolute Gasteiger partial charge is 0.374 e. The first-order chi connectivity index (χ1) is 10.1. The number of carbonyl (C=O) groups excluding carboxylic acids is 1. The molecule has 6 nitrogen and oxygen atoms in total. The molecule has 0 aliphatic rings. The summed E-state index contributed by atoms with van der Waals surface area (Å²) in [6, 6.07) is 10.1. The summed E-state index contributed by atoms with van der Waals surface area (Å²) in [6.07, 6.45) is 0. The maximum Gasteiger partial charge on any atom is 0.374 e. The molecule has 2 N–H and O–H groups in total. The Morgan fingerprint density at radius 3 is 2.67 bits per heavy atom. The number of aromatic nitrogens is 1. The number of H-pyrrole nitrogens is 1. The number of fused-ring (bicyclic) bond motifs is 1. The molecular weight excluding hydrogens is 274 g/mol. The van der Waals surface area contributed by atoms with Gasteiger partial charge in [0.1, 0.15) is 5.75 Å². The van der Waals surface area contributed by atoms with Gasteiger partial charge in [0.2, 0.25) is 11.5 Å². The standard InChI is InChI=1S/C15H11NO5/c1-20-15(19)10-7-9-12(17)11(8-5-3-2-4-6-8)13(18)16-14(9)21-10/h2-7H,1H3,(H2,16,17,18). The number of esters is 1. The lowest BCUT2D eigenvalue weighted by molar-refractivity contribution is 0.0567. The molecule has 2 heterocycles. The molecular formula is C15H11NO5. The van der Waals surface area contributed by atoms with Crippen molar-refractivity contribution >= 4 is 17.1 Å². The van der Waals surface area contributed by atoms with E-state index < -0.39 is 11.5 Å². The van der Waals surface area contributed by atoms with Gasteiger partial charge in [-0.3, -0.25) is 9.78 Å². The molecule has 0 aliphatic heterocycles. The molecule has 2 aromatic heterocycles. The Hall–Kier alpha value is -3.02. The number of hydrogen-bond donors (Lipinski definition) is 2. The molecule has 21 heavy (non-hydrogen) atoms. The average molecular weight is 285 g/mol. The van der Waals surface area contributed by atoms with Crippen LogP contribution in [0, 0.1) is 0 Å². The third-order valence-corrected chi connectivity index (χ3v) is 3.13. The topological polar surface area (TPSA) is 92.5 Å². The third-order valence-electron chi connectivity index (χ3n) is 3.13. The minimum atomic E-state index is -0.687. The predicted octanol–water partition coefficient (Wildman–Crippen LogP) is 2.28. The molecule has 3 rings (SSSR count). The molecule has 0 bridgehead atoms. The Bertz CT molecular complexity index is 876. The Balaban J connectivity index is 2.29. The number of aromatic amines is 1. The van der Waals surface area contributed by atoms with Gasteiger partial charge in [0.05, 0.1) is 18.1 Å². The van der Waals surface area contributed by atoms with Gasteiger partial charge in [0.25, 0.3) is 5.56 Å². The SMILES string of the molecule is COC(=O)c1cc2c(O)c(-c3ccccc3)c(=O)[nH]c2o1. The number of carbonyl (C=O) groups is 1. The number of pyridine rings is 1. The quantitative estimate of drug-likeness (QED) is 0.705. The van der Waals surface area contributed by atoms with Crippen molar-refractivity contribution in [3.63, 3.8) is 0 Å². The molecule has 0 saturated heterocycles. The van der Waals surface area contributed by atoms with Crippen molar-refractivity contribution in [3.8, 4) is 16.9 Å². The summed E-state index contributed by atoms with van der Waals surface area (Å²) in [6.45, 7) is 0. The first-order valence-electron chi connectivity index (χ1n) is 6.14. The highest BCUT2D eigenvalue weighted by Crippen LogP contribution is 2.33. The van der Waals surface area contributed by atoms with E-state index >= 15 is 0 Å². The zero-order valence-corrected chi connectivity index (χ0v) is 11.0. The van der Waals surface area contributed by atoms with Crippen molar-refractivity contribution in [2.45, 2.75) is 0 Å². The van der Waals surface area contributed by atoms with E-state index in [9.17, 15) is 14.7 Å². The maximum atomic E-state index is 12.1. The lowest BCUT2D eigenvalue weighted by Gasteiger charge is -2.03. The normalized spacial score (nSPS) is 10.7. The van der Waals surface area contributed by atoms with Gasteiger partial charge in [0.15, 0.2) is 0 Å². The molecule has 1 aromatic carbocycles. The Morgan fingerprint density at radius 2 is 2.00 bits per heavy atom. The van der Waals surface area contributed by atoms with Crippen molar-refractivity contribution in [2.24, 2.45) is 0 Å². The van der Waals surface area contributed by atoms with E-state index in [0.29, 0.717) is 5.56 Å². The molecule has 0 unspecified atom stereocenters. The van der Waals surface area contributed by atoms with Gasteiger partial charge in [-0.15, -0.1) is 0 Å². The van der Waals surface area contributed by atoms with Crippen LogP contribution in [0.4, 0.5) is 0 Å². The van der Waals surface area contributed by atoms with Crippen LogP contribution < -0.4 is 5.56 Å². The van der Waals surface area contributed by atoms with Crippen LogP contribution in [0.3, 0.4) is 0 Å². The van der Waals surface area contributed by atoms with Gasteiger partial charge in [-0.25, -0.2) is 4.79 Å². The second kappa shape index (κ2) is 4.82. The van der Waals surface area contributed by atoms with Crippen molar-refractivity contribution in [1.82, 2.24) is 4.98 Å². The molecule has 0 amide bonds. The van der Waals surface area contributed by atoms with Crippen molar-refractivity contribution < 1.29 is 19.1 Å². The van der Waals surface area contributed by atoms with Crippen LogP contribution in [-0.2, 0) is 4.74 Å². The van der Waals surface area contributed by atoms with Crippen LogP contribution in [0.5, 0.6) is 5.75 Å². The van der Waals surface area contributed by atoms with Gasteiger partial charge in [0, 0.05) is 6.07 Å². The lowest BCUT2D eigenvalue weighted by Crippen LogP contribution is -2.08. The van der Waals surface area contributed by atoms with Gasteiger partial charge in [-0.2, -0.15) is 0 Å². The highest BCUT2D eigenvalue weighted by molar-refractivity contribution is 5.96. The molecule has 0 radical (unpaired) electrons. The summed E-state index contributed by atoms with van der Waals surface area (Å²) in [4.78, 5) is 26.1. The van der Waals surface area contributed by atoms with E-state index in [1.165, 1.54) is 13.2 Å². The summed E-state index contributed by atoms with van der Waals surface area (Å²) in [7, 11) is 1.22. The zero-order valence-electron chi connectivity index (χ0n) is 11.0. The van der Waals surface area contributed by atoms with Crippen molar-refractivity contribution in [1.29, 1.82) is 0 Å². The predicted molar refractivity (Wildman–Crippen MR) is 75.3 cm³/mol. The fraction of sp³-hybridized carbons (Fsp3) is 0.0667. The second-order valence-corrected chi connectivity index (χ2v) is 4.39. The van der Waals surface area contributed by atoms with E-state index in [4.69, 9.17) is 4.42 Å². The lowest BCUT2D eigenvalue weighted by atomic mass is 10.1. The minimum Gasteiger partial charge on any atom is -0.506 e. The fourth-order valence-corrected chi connectivity index (χ4v) is 2.14. The second-order valence-electron chi connectivity index (χ2n) is 4.39. The molecule has 0 atom stereocenters. The largest absolute Gasteiger partial charge is 0.506 e. The van der Waals surface area contributed by atoms with Crippen molar-refractivity contribution in [3.05, 3.63) is 52.5 Å². The fourth-order valence-electron chi connectivity index (χ4n) is 2.14. The molecule has 0 saturated carbocycles. The average Bonchev–Trinajstić information content (AvgIpc) is 2.91. The van der Waals surface area contributed by atoms with E-state index in [0.717, 1.165) is 0 Å². The summed E-state index contributed by atoms with van der Waals surface area (Å²) in [5.41, 5.74) is 0.217. The Kier molecular flexibility index (Phi) is 2.98. The minimum absolute atomic E-state index is 0.0255. The summed E-state index contributed by atoms with van der Waals surface area (Å²) in [5, 5.41) is 10.6. The number of rotatable bonds is 2. The van der Waals surface area contributed by atoms with Gasteiger partial charge in [-0.05, 0) is 5.56 Å². The van der Waals surface area contributed by atoms with Crippen LogP contribution in [0.15, 0.2) is 45.6 Å². The summed E-state index contributed by atoms with van der Waals surface area (Å²) in [5.74, 6) is -1.02. The summed E-state index contributed by atoms with van der Waals surface area (Å²) >= 11 is 0. The number of furan rings is 1. The Labute approximate surface area is 118 Å². The monoisotopic (exact) mass is 285 g/mol. The third kappa shape index (κ3) is 2.06. The zero-order chi connectivity index (χ0) is 15.0. The van der Waals surface area contributed by atoms with Gasteiger partial charge < -0.3 is 14.3 Å². The molecule has 3 aromatic rings. The van der Waals surface area contributed by atoms with Crippen LogP contribution in [-0.4, -0.2) is 23.2 Å². The Morgan fingerprint density at radius 1 is 1.29 bits per heavy atom. The number of ether oxygens (including phenoxy) is 1. The summed E-state index contributed by atoms with van der Waals surface area (Å²) < 4.78 is 9.73. The number of benzene rings is 1. The van der Waals surface area contributed by atoms with Crippen molar-refractivity contribution in [2.75, 3.05) is 7.11 Å². The number of hydrogen-bond acceptors (Lipinski definition) is 5. The first kappa shape index (κ1) is 13.0. The van der Waals surface area contributed by atoms with Crippen LogP contribution in [0.1, 0.15) is 10.6 Å². The molecule has 0 fully saturated rings. The van der Waals surface area contributed by atoms with Crippen LogP contribution in [0.25, 0.3) is 22.2 Å². The number of aromatic hydroxyl groups is 1. The highest BCUT2D eigenvalue weighted by Gasteiger charge is 2.20. The molecule has 106 valence electrons. The molecule has 6 heteroatoms. The molecule has 0 spiro atoms. The molecule has 0 aliphatic carbocycles. The van der Waals surface area contributed by atoms with E-state index in [1.807, 2.05) is 0 Å².